The largest absolute Gasteiger partial charge is 0.380 e. The monoisotopic (exact) mass is 370 g/mol. The molecule has 1 aromatic carbocycles. The second-order valence-corrected chi connectivity index (χ2v) is 8.31. The molecule has 0 bridgehead atoms. The molecule has 1 spiro atoms. The Morgan fingerprint density at radius 3 is 2.65 bits per heavy atom. The molecule has 1 amide bonds. The number of benzene rings is 1. The Balaban J connectivity index is 1.55. The van der Waals surface area contributed by atoms with Gasteiger partial charge in [-0.3, -0.25) is 4.79 Å². The lowest BCUT2D eigenvalue weighted by Crippen LogP contribution is -2.39. The Hall–Kier alpha value is -1.69. The summed E-state index contributed by atoms with van der Waals surface area (Å²) >= 11 is 1.69. The Morgan fingerprint density at radius 2 is 2.00 bits per heavy atom. The van der Waals surface area contributed by atoms with Gasteiger partial charge in [0.05, 0.1) is 6.61 Å². The summed E-state index contributed by atoms with van der Waals surface area (Å²) in [6.07, 6.45) is 3.50. The highest BCUT2D eigenvalue weighted by Gasteiger charge is 2.57. The second kappa shape index (κ2) is 7.51. The number of hydrogen-bond donors (Lipinski definition) is 1. The topological polar surface area (TPSA) is 41.6 Å². The first-order chi connectivity index (χ1) is 12.7. The van der Waals surface area contributed by atoms with Gasteiger partial charge in [0.15, 0.2) is 0 Å². The van der Waals surface area contributed by atoms with Crippen molar-refractivity contribution in [2.24, 2.45) is 5.41 Å². The lowest BCUT2D eigenvalue weighted by Gasteiger charge is -2.29. The molecular weight excluding hydrogens is 344 g/mol. The highest BCUT2D eigenvalue weighted by Crippen LogP contribution is 2.56. The predicted octanol–water partition coefficient (Wildman–Crippen LogP) is 3.68. The summed E-state index contributed by atoms with van der Waals surface area (Å²) < 4.78 is 5.17. The highest BCUT2D eigenvalue weighted by molar-refractivity contribution is 7.07. The van der Waals surface area contributed by atoms with E-state index in [1.807, 2.05) is 24.3 Å². The van der Waals surface area contributed by atoms with Crippen LogP contribution in [-0.4, -0.2) is 37.0 Å². The number of hydrogen-bond acceptors (Lipinski definition) is 4. The van der Waals surface area contributed by atoms with Crippen molar-refractivity contribution in [2.45, 2.75) is 38.5 Å². The molecule has 138 valence electrons. The van der Waals surface area contributed by atoms with E-state index in [2.05, 4.69) is 27.0 Å². The molecule has 1 aliphatic heterocycles. The van der Waals surface area contributed by atoms with Crippen molar-refractivity contribution in [1.29, 1.82) is 0 Å². The minimum Gasteiger partial charge on any atom is -0.380 e. The number of methoxy groups -OCH3 is 1. The molecule has 2 aromatic rings. The van der Waals surface area contributed by atoms with Crippen LogP contribution in [0.25, 0.3) is 0 Å². The van der Waals surface area contributed by atoms with Crippen LogP contribution in [0, 0.1) is 5.41 Å². The van der Waals surface area contributed by atoms with E-state index in [1.54, 1.807) is 18.4 Å². The Morgan fingerprint density at radius 1 is 1.23 bits per heavy atom. The van der Waals surface area contributed by atoms with Crippen LogP contribution in [0.4, 0.5) is 0 Å². The summed E-state index contributed by atoms with van der Waals surface area (Å²) in [7, 11) is 1.69. The molecule has 1 unspecified atom stereocenters. The third-order valence-electron chi connectivity index (χ3n) is 5.83. The maximum Gasteiger partial charge on any atom is 0.254 e. The Kier molecular flexibility index (Phi) is 5.11. The fourth-order valence-corrected chi connectivity index (χ4v) is 4.87. The van der Waals surface area contributed by atoms with Gasteiger partial charge in [0.2, 0.25) is 0 Å². The van der Waals surface area contributed by atoms with Gasteiger partial charge < -0.3 is 15.0 Å². The van der Waals surface area contributed by atoms with Crippen molar-refractivity contribution in [2.75, 3.05) is 20.2 Å². The van der Waals surface area contributed by atoms with Crippen LogP contribution >= 0.6 is 11.3 Å². The summed E-state index contributed by atoms with van der Waals surface area (Å²) in [5, 5.41) is 7.69. The molecule has 4 rings (SSSR count). The molecule has 1 aromatic heterocycles. The van der Waals surface area contributed by atoms with Crippen molar-refractivity contribution in [3.63, 3.8) is 0 Å². The van der Waals surface area contributed by atoms with Crippen molar-refractivity contribution in [1.82, 2.24) is 10.2 Å². The minimum atomic E-state index is 0.153. The normalized spacial score (nSPS) is 20.9. The van der Waals surface area contributed by atoms with Crippen LogP contribution in [0.3, 0.4) is 0 Å². The molecule has 1 N–H and O–H groups in total. The molecule has 1 aliphatic carbocycles. The van der Waals surface area contributed by atoms with Crippen LogP contribution in [0.2, 0.25) is 0 Å². The van der Waals surface area contributed by atoms with Gasteiger partial charge >= 0.3 is 0 Å². The maximum atomic E-state index is 13.3. The van der Waals surface area contributed by atoms with E-state index in [0.717, 1.165) is 30.6 Å². The minimum absolute atomic E-state index is 0.153. The second-order valence-electron chi connectivity index (χ2n) is 7.53. The molecular formula is C21H26N2O2S. The van der Waals surface area contributed by atoms with Crippen molar-refractivity contribution >= 4 is 17.2 Å². The van der Waals surface area contributed by atoms with Gasteiger partial charge in [-0.15, -0.1) is 0 Å². The third kappa shape index (κ3) is 3.56. The quantitative estimate of drug-likeness (QED) is 0.843. The van der Waals surface area contributed by atoms with Crippen LogP contribution in [-0.2, 0) is 17.9 Å². The van der Waals surface area contributed by atoms with Gasteiger partial charge in [0, 0.05) is 25.3 Å². The number of carbonyl (C=O) groups excluding carboxylic acids is 1. The molecule has 5 heteroatoms. The van der Waals surface area contributed by atoms with E-state index in [4.69, 9.17) is 4.74 Å². The number of nitrogens with zero attached hydrogens (tertiary/aromatic N) is 1. The first-order valence-corrected chi connectivity index (χ1v) is 10.3. The van der Waals surface area contributed by atoms with Crippen LogP contribution in [0.15, 0.2) is 41.1 Å². The lowest BCUT2D eigenvalue weighted by molar-refractivity contribution is 0.0692. The number of piperidine rings is 1. The molecule has 4 nitrogen and oxygen atoms in total. The number of carbonyl (C=O) groups is 1. The number of nitrogens with one attached hydrogen (secondary N) is 1. The summed E-state index contributed by atoms with van der Waals surface area (Å²) in [6.45, 7) is 3.43. The van der Waals surface area contributed by atoms with E-state index in [0.29, 0.717) is 24.6 Å². The summed E-state index contributed by atoms with van der Waals surface area (Å²) in [5.74, 6) is 0.153. The van der Waals surface area contributed by atoms with Gasteiger partial charge in [-0.2, -0.15) is 11.3 Å². The van der Waals surface area contributed by atoms with Crippen LogP contribution < -0.4 is 5.32 Å². The zero-order valence-electron chi connectivity index (χ0n) is 15.2. The van der Waals surface area contributed by atoms with E-state index < -0.39 is 0 Å². The van der Waals surface area contributed by atoms with E-state index in [1.165, 1.54) is 18.4 Å². The van der Waals surface area contributed by atoms with Crippen molar-refractivity contribution in [3.8, 4) is 0 Å². The molecule has 1 saturated carbocycles. The van der Waals surface area contributed by atoms with E-state index in [-0.39, 0.29) is 5.91 Å². The average Bonchev–Trinajstić information content (AvgIpc) is 3.10. The molecule has 26 heavy (non-hydrogen) atoms. The molecule has 2 fully saturated rings. The number of ether oxygens (including phenoxy) is 1. The van der Waals surface area contributed by atoms with Crippen LogP contribution in [0.5, 0.6) is 0 Å². The first kappa shape index (κ1) is 17.7. The maximum absolute atomic E-state index is 13.3. The fraction of sp³-hybridized carbons (Fsp3) is 0.476. The van der Waals surface area contributed by atoms with Gasteiger partial charge in [-0.1, -0.05) is 12.1 Å². The summed E-state index contributed by atoms with van der Waals surface area (Å²) in [6, 6.07) is 10.4. The Labute approximate surface area is 159 Å². The smallest absolute Gasteiger partial charge is 0.254 e. The number of rotatable bonds is 6. The van der Waals surface area contributed by atoms with E-state index in [9.17, 15) is 4.79 Å². The average molecular weight is 371 g/mol. The molecule has 2 aliphatic rings. The van der Waals surface area contributed by atoms with E-state index >= 15 is 0 Å². The molecule has 1 saturated heterocycles. The zero-order chi connectivity index (χ0) is 18.0. The predicted molar refractivity (Wildman–Crippen MR) is 104 cm³/mol. The van der Waals surface area contributed by atoms with Gasteiger partial charge in [-0.05, 0) is 77.9 Å². The highest BCUT2D eigenvalue weighted by atomic mass is 32.1. The summed E-state index contributed by atoms with van der Waals surface area (Å²) in [4.78, 5) is 15.5. The SMILES string of the molecule is COCc1ccc(C(=O)N(Cc2ccsc2)C2CC23CCNCC3)cc1. The third-order valence-corrected chi connectivity index (χ3v) is 6.56. The molecule has 0 radical (unpaired) electrons. The standard InChI is InChI=1S/C21H26N2O2S/c1-25-14-16-2-4-18(5-3-16)20(24)23(13-17-6-11-26-15-17)19-12-21(19)7-9-22-10-8-21/h2-6,11,15,19,22H,7-10,12-14H2,1H3. The number of thiophene rings is 1. The zero-order valence-corrected chi connectivity index (χ0v) is 16.1. The Bertz CT molecular complexity index is 736. The van der Waals surface area contributed by atoms with Crippen molar-refractivity contribution < 1.29 is 9.53 Å². The van der Waals surface area contributed by atoms with Crippen LogP contribution in [0.1, 0.15) is 40.7 Å². The number of amides is 1. The van der Waals surface area contributed by atoms with Crippen molar-refractivity contribution in [3.05, 3.63) is 57.8 Å². The molecule has 2 heterocycles. The first-order valence-electron chi connectivity index (χ1n) is 9.32. The molecule has 1 atom stereocenters. The van der Waals surface area contributed by atoms with Gasteiger partial charge in [-0.25, -0.2) is 0 Å². The van der Waals surface area contributed by atoms with Gasteiger partial charge in [0.25, 0.3) is 5.91 Å². The van der Waals surface area contributed by atoms with Gasteiger partial charge in [0.1, 0.15) is 0 Å². The fourth-order valence-electron chi connectivity index (χ4n) is 4.21. The lowest BCUT2D eigenvalue weighted by atomic mass is 9.93. The summed E-state index contributed by atoms with van der Waals surface area (Å²) in [5.41, 5.74) is 3.44.